The highest BCUT2D eigenvalue weighted by Crippen LogP contribution is 2.24. The minimum atomic E-state index is -0.0327. The van der Waals surface area contributed by atoms with E-state index in [1.54, 1.807) is 0 Å². The minimum Gasteiger partial charge on any atom is -0.494 e. The predicted molar refractivity (Wildman–Crippen MR) is 81.7 cm³/mol. The van der Waals surface area contributed by atoms with Crippen LogP contribution in [-0.2, 0) is 10.2 Å². The van der Waals surface area contributed by atoms with Crippen molar-refractivity contribution in [2.24, 2.45) is 0 Å². The lowest BCUT2D eigenvalue weighted by atomic mass is 9.87. The molecule has 1 aromatic rings. The summed E-state index contributed by atoms with van der Waals surface area (Å²) in [6.07, 6.45) is 6.17. The average Bonchev–Trinajstić information content (AvgIpc) is 2.41. The van der Waals surface area contributed by atoms with Crippen molar-refractivity contribution < 1.29 is 9.53 Å². The fourth-order valence-electron chi connectivity index (χ4n) is 1.71. The smallest absolute Gasteiger partial charge is 0.220 e. The van der Waals surface area contributed by atoms with E-state index in [-0.39, 0.29) is 17.9 Å². The second kappa shape index (κ2) is 7.59. The zero-order valence-corrected chi connectivity index (χ0v) is 12.5. The molecule has 1 amide bonds. The van der Waals surface area contributed by atoms with Gasteiger partial charge in [-0.3, -0.25) is 4.79 Å². The van der Waals surface area contributed by atoms with Gasteiger partial charge in [0.1, 0.15) is 5.75 Å². The number of benzene rings is 1. The summed E-state index contributed by atoms with van der Waals surface area (Å²) < 4.78 is 5.61. The van der Waals surface area contributed by atoms with E-state index in [0.717, 1.165) is 5.75 Å². The molecule has 0 aromatic heterocycles. The summed E-state index contributed by atoms with van der Waals surface area (Å²) in [7, 11) is 0. The zero-order valence-electron chi connectivity index (χ0n) is 12.5. The normalized spacial score (nSPS) is 10.7. The van der Waals surface area contributed by atoms with E-state index in [9.17, 15) is 4.79 Å². The van der Waals surface area contributed by atoms with E-state index in [2.05, 4.69) is 44.1 Å². The Kier molecular flexibility index (Phi) is 6.11. The summed E-state index contributed by atoms with van der Waals surface area (Å²) in [5.41, 5.74) is 1.42. The Bertz CT molecular complexity index is 463. The van der Waals surface area contributed by atoms with Crippen molar-refractivity contribution in [1.82, 2.24) is 5.32 Å². The molecule has 0 atom stereocenters. The average molecular weight is 273 g/mol. The van der Waals surface area contributed by atoms with Gasteiger partial charge in [-0.15, -0.1) is 6.42 Å². The van der Waals surface area contributed by atoms with Gasteiger partial charge in [-0.1, -0.05) is 38.8 Å². The van der Waals surface area contributed by atoms with Crippen LogP contribution in [0.15, 0.2) is 24.3 Å². The summed E-state index contributed by atoms with van der Waals surface area (Å²) in [6.45, 7) is 7.35. The Morgan fingerprint density at radius 2 is 1.95 bits per heavy atom. The van der Waals surface area contributed by atoms with E-state index in [4.69, 9.17) is 11.2 Å². The first-order valence-corrected chi connectivity index (χ1v) is 6.87. The highest BCUT2D eigenvalue weighted by Gasteiger charge is 2.12. The Morgan fingerprint density at radius 3 is 2.50 bits per heavy atom. The van der Waals surface area contributed by atoms with Crippen LogP contribution in [0.5, 0.6) is 5.75 Å². The van der Waals surface area contributed by atoms with Crippen LogP contribution in [0.2, 0.25) is 0 Å². The van der Waals surface area contributed by atoms with Gasteiger partial charge in [-0.25, -0.2) is 0 Å². The molecule has 3 nitrogen and oxygen atoms in total. The van der Waals surface area contributed by atoms with E-state index in [0.29, 0.717) is 19.4 Å². The van der Waals surface area contributed by atoms with Crippen molar-refractivity contribution >= 4 is 5.91 Å². The number of carbonyl (C=O) groups excluding carboxylic acids is 1. The summed E-state index contributed by atoms with van der Waals surface area (Å²) in [5.74, 6) is 3.17. The highest BCUT2D eigenvalue weighted by molar-refractivity contribution is 5.76. The molecule has 0 aliphatic rings. The van der Waals surface area contributed by atoms with Crippen LogP contribution in [0.1, 0.15) is 39.2 Å². The molecule has 0 heterocycles. The van der Waals surface area contributed by atoms with E-state index < -0.39 is 0 Å². The van der Waals surface area contributed by atoms with Crippen LogP contribution in [0.25, 0.3) is 0 Å². The van der Waals surface area contributed by atoms with Crippen molar-refractivity contribution in [2.75, 3.05) is 13.2 Å². The monoisotopic (exact) mass is 273 g/mol. The molecule has 0 saturated carbocycles. The molecule has 0 unspecified atom stereocenters. The largest absolute Gasteiger partial charge is 0.494 e. The number of nitrogens with one attached hydrogen (secondary N) is 1. The molecule has 1 rings (SSSR count). The third-order valence-electron chi connectivity index (χ3n) is 2.92. The Morgan fingerprint density at radius 1 is 1.30 bits per heavy atom. The first-order chi connectivity index (χ1) is 9.43. The van der Waals surface area contributed by atoms with Crippen molar-refractivity contribution in [3.05, 3.63) is 29.8 Å². The van der Waals surface area contributed by atoms with Crippen molar-refractivity contribution in [3.8, 4) is 18.1 Å². The topological polar surface area (TPSA) is 38.3 Å². The lowest BCUT2D eigenvalue weighted by Crippen LogP contribution is -2.23. The number of amides is 1. The molecule has 0 bridgehead atoms. The standard InChI is InChI=1S/C17H23NO2/c1-5-12-18-16(19)7-6-13-20-15-10-8-14(9-11-15)17(2,3)4/h1,8-11H,6-7,12-13H2,2-4H3,(H,18,19). The fourth-order valence-corrected chi connectivity index (χ4v) is 1.71. The van der Waals surface area contributed by atoms with E-state index in [1.807, 2.05) is 12.1 Å². The van der Waals surface area contributed by atoms with Crippen LogP contribution >= 0.6 is 0 Å². The number of rotatable bonds is 6. The number of ether oxygens (including phenoxy) is 1. The minimum absolute atomic E-state index is 0.0327. The predicted octanol–water partition coefficient (Wildman–Crippen LogP) is 2.89. The Hall–Kier alpha value is -1.95. The molecule has 1 aromatic carbocycles. The molecule has 0 aliphatic carbocycles. The quantitative estimate of drug-likeness (QED) is 0.639. The first-order valence-electron chi connectivity index (χ1n) is 6.87. The maximum Gasteiger partial charge on any atom is 0.220 e. The molecule has 0 aliphatic heterocycles. The molecule has 0 fully saturated rings. The van der Waals surface area contributed by atoms with Crippen molar-refractivity contribution in [2.45, 2.75) is 39.0 Å². The molecule has 0 spiro atoms. The van der Waals surface area contributed by atoms with Gasteiger partial charge in [-0.2, -0.15) is 0 Å². The lowest BCUT2D eigenvalue weighted by molar-refractivity contribution is -0.121. The van der Waals surface area contributed by atoms with Gasteiger partial charge >= 0.3 is 0 Å². The molecule has 0 radical (unpaired) electrons. The van der Waals surface area contributed by atoms with E-state index >= 15 is 0 Å². The number of hydrogen-bond donors (Lipinski definition) is 1. The van der Waals surface area contributed by atoms with Crippen LogP contribution in [-0.4, -0.2) is 19.1 Å². The first kappa shape index (κ1) is 16.1. The third-order valence-corrected chi connectivity index (χ3v) is 2.92. The third kappa shape index (κ3) is 5.79. The molecule has 1 N–H and O–H groups in total. The summed E-state index contributed by atoms with van der Waals surface area (Å²) in [5, 5.41) is 2.62. The van der Waals surface area contributed by atoms with Gasteiger partial charge in [-0.05, 0) is 29.5 Å². The van der Waals surface area contributed by atoms with Gasteiger partial charge < -0.3 is 10.1 Å². The number of carbonyl (C=O) groups is 1. The SMILES string of the molecule is C#CCNC(=O)CCCOc1ccc(C(C)(C)C)cc1. The number of terminal acetylenes is 1. The lowest BCUT2D eigenvalue weighted by Gasteiger charge is -2.19. The van der Waals surface area contributed by atoms with Crippen LogP contribution in [0, 0.1) is 12.3 Å². The summed E-state index contributed by atoms with van der Waals surface area (Å²) >= 11 is 0. The van der Waals surface area contributed by atoms with Crippen LogP contribution in [0.4, 0.5) is 0 Å². The second-order valence-electron chi connectivity index (χ2n) is 5.71. The van der Waals surface area contributed by atoms with Gasteiger partial charge in [0.2, 0.25) is 5.91 Å². The number of hydrogen-bond acceptors (Lipinski definition) is 2. The molecule has 3 heteroatoms. The summed E-state index contributed by atoms with van der Waals surface area (Å²) in [4.78, 5) is 11.3. The van der Waals surface area contributed by atoms with Gasteiger partial charge in [0.15, 0.2) is 0 Å². The van der Waals surface area contributed by atoms with Crippen LogP contribution < -0.4 is 10.1 Å². The zero-order chi connectivity index (χ0) is 15.0. The highest BCUT2D eigenvalue weighted by atomic mass is 16.5. The van der Waals surface area contributed by atoms with Crippen molar-refractivity contribution in [1.29, 1.82) is 0 Å². The Labute approximate surface area is 121 Å². The Balaban J connectivity index is 2.29. The molecule has 20 heavy (non-hydrogen) atoms. The van der Waals surface area contributed by atoms with Crippen LogP contribution in [0.3, 0.4) is 0 Å². The molecule has 0 saturated heterocycles. The van der Waals surface area contributed by atoms with Gasteiger partial charge in [0.25, 0.3) is 0 Å². The van der Waals surface area contributed by atoms with E-state index in [1.165, 1.54) is 5.56 Å². The second-order valence-corrected chi connectivity index (χ2v) is 5.71. The maximum absolute atomic E-state index is 11.3. The molecule has 108 valence electrons. The van der Waals surface area contributed by atoms with Gasteiger partial charge in [0.05, 0.1) is 13.2 Å². The maximum atomic E-state index is 11.3. The van der Waals surface area contributed by atoms with Gasteiger partial charge in [0, 0.05) is 6.42 Å². The van der Waals surface area contributed by atoms with Crippen molar-refractivity contribution in [3.63, 3.8) is 0 Å². The molecular weight excluding hydrogens is 250 g/mol. The molecular formula is C17H23NO2. The fraction of sp³-hybridized carbons (Fsp3) is 0.471. The summed E-state index contributed by atoms with van der Waals surface area (Å²) in [6, 6.07) is 8.10.